The largest absolute Gasteiger partial charge is 0.286 e. The second-order valence-corrected chi connectivity index (χ2v) is 5.98. The lowest BCUT2D eigenvalue weighted by Crippen LogP contribution is -2.34. The Morgan fingerprint density at radius 2 is 2.06 bits per heavy atom. The minimum atomic E-state index is -3.87. The standard InChI is InChI=1S/C13H15NO3S/c1-11-5-6-13-12(10-11)4-2-7-14(13)8-3-9-18(15,16)17/h2,4-7,10H,3,8-9H2,1H3/p+1. The average molecular weight is 266 g/mol. The summed E-state index contributed by atoms with van der Waals surface area (Å²) in [5.41, 5.74) is 2.26. The van der Waals surface area contributed by atoms with E-state index in [2.05, 4.69) is 6.07 Å². The SMILES string of the molecule is Cc1ccc2c(ccc[n+]2CCCS(=O)(=O)O)c1. The van der Waals surface area contributed by atoms with E-state index in [1.165, 1.54) is 5.56 Å². The third-order valence-corrected chi connectivity index (χ3v) is 3.64. The number of pyridine rings is 1. The molecule has 0 aliphatic rings. The summed E-state index contributed by atoms with van der Waals surface area (Å²) in [5, 5.41) is 1.13. The minimum Gasteiger partial charge on any atom is -0.286 e. The van der Waals surface area contributed by atoms with Gasteiger partial charge in [0.15, 0.2) is 6.20 Å². The van der Waals surface area contributed by atoms with Crippen molar-refractivity contribution in [1.29, 1.82) is 0 Å². The molecule has 1 aromatic heterocycles. The highest BCUT2D eigenvalue weighted by atomic mass is 32.2. The van der Waals surface area contributed by atoms with Gasteiger partial charge in [0.05, 0.1) is 5.75 Å². The summed E-state index contributed by atoms with van der Waals surface area (Å²) >= 11 is 0. The first-order chi connectivity index (χ1) is 8.46. The molecular weight excluding hydrogens is 250 g/mol. The van der Waals surface area contributed by atoms with Crippen LogP contribution in [0.3, 0.4) is 0 Å². The lowest BCUT2D eigenvalue weighted by atomic mass is 10.1. The summed E-state index contributed by atoms with van der Waals surface area (Å²) in [4.78, 5) is 0. The zero-order valence-corrected chi connectivity index (χ0v) is 11.0. The molecule has 1 heterocycles. The first kappa shape index (κ1) is 13.0. The van der Waals surface area contributed by atoms with Gasteiger partial charge in [-0.1, -0.05) is 11.6 Å². The molecule has 0 unspecified atom stereocenters. The van der Waals surface area contributed by atoms with Crippen molar-refractivity contribution in [2.45, 2.75) is 19.9 Å². The highest BCUT2D eigenvalue weighted by molar-refractivity contribution is 7.85. The van der Waals surface area contributed by atoms with Gasteiger partial charge in [-0.05, 0) is 19.1 Å². The molecule has 96 valence electrons. The zero-order chi connectivity index (χ0) is 13.2. The summed E-state index contributed by atoms with van der Waals surface area (Å²) in [6.45, 7) is 2.61. The van der Waals surface area contributed by atoms with Crippen LogP contribution in [0.4, 0.5) is 0 Å². The number of hydrogen-bond acceptors (Lipinski definition) is 2. The maximum atomic E-state index is 10.7. The van der Waals surface area contributed by atoms with Crippen LogP contribution < -0.4 is 4.57 Å². The molecule has 1 N–H and O–H groups in total. The van der Waals surface area contributed by atoms with Gasteiger partial charge >= 0.3 is 0 Å². The van der Waals surface area contributed by atoms with E-state index in [0.717, 1.165) is 10.9 Å². The fourth-order valence-electron chi connectivity index (χ4n) is 2.01. The summed E-state index contributed by atoms with van der Waals surface area (Å²) in [5.74, 6) is -0.206. The van der Waals surface area contributed by atoms with Gasteiger partial charge in [0.1, 0.15) is 6.54 Å². The number of hydrogen-bond donors (Lipinski definition) is 1. The summed E-state index contributed by atoms with van der Waals surface area (Å²) in [6.07, 6.45) is 2.32. The smallest absolute Gasteiger partial charge is 0.265 e. The molecule has 0 radical (unpaired) electrons. The Morgan fingerprint density at radius 1 is 1.28 bits per heavy atom. The van der Waals surface area contributed by atoms with Crippen molar-refractivity contribution < 1.29 is 17.5 Å². The van der Waals surface area contributed by atoms with Crippen molar-refractivity contribution in [2.75, 3.05) is 5.75 Å². The van der Waals surface area contributed by atoms with E-state index in [-0.39, 0.29) is 5.75 Å². The van der Waals surface area contributed by atoms with Gasteiger partial charge in [0.2, 0.25) is 5.52 Å². The normalized spacial score (nSPS) is 11.9. The van der Waals surface area contributed by atoms with Crippen molar-refractivity contribution in [3.8, 4) is 0 Å². The summed E-state index contributed by atoms with van der Waals surface area (Å²) < 4.78 is 32.1. The van der Waals surface area contributed by atoms with E-state index < -0.39 is 10.1 Å². The molecule has 18 heavy (non-hydrogen) atoms. The van der Waals surface area contributed by atoms with Crippen LogP contribution in [0.15, 0.2) is 36.5 Å². The van der Waals surface area contributed by atoms with Crippen LogP contribution >= 0.6 is 0 Å². The van der Waals surface area contributed by atoms with Gasteiger partial charge in [-0.3, -0.25) is 4.55 Å². The number of aromatic nitrogens is 1. The summed E-state index contributed by atoms with van der Waals surface area (Å²) in [7, 11) is -3.87. The van der Waals surface area contributed by atoms with Gasteiger partial charge in [0.25, 0.3) is 10.1 Å². The molecule has 0 amide bonds. The highest BCUT2D eigenvalue weighted by Crippen LogP contribution is 2.11. The Balaban J connectivity index is 2.23. The molecule has 2 aromatic rings. The highest BCUT2D eigenvalue weighted by Gasteiger charge is 2.10. The van der Waals surface area contributed by atoms with Gasteiger partial charge in [-0.15, -0.1) is 0 Å². The number of aryl methyl sites for hydroxylation is 2. The van der Waals surface area contributed by atoms with Crippen LogP contribution in [0.25, 0.3) is 10.9 Å². The Hall–Kier alpha value is -1.46. The number of nitrogens with zero attached hydrogens (tertiary/aromatic N) is 1. The number of rotatable bonds is 4. The lowest BCUT2D eigenvalue weighted by Gasteiger charge is -2.01. The van der Waals surface area contributed by atoms with Crippen LogP contribution in [-0.4, -0.2) is 18.7 Å². The van der Waals surface area contributed by atoms with Gasteiger partial charge < -0.3 is 0 Å². The van der Waals surface area contributed by atoms with Crippen LogP contribution in [0.1, 0.15) is 12.0 Å². The Morgan fingerprint density at radius 3 is 2.78 bits per heavy atom. The molecule has 0 aliphatic carbocycles. The van der Waals surface area contributed by atoms with E-state index in [0.29, 0.717) is 13.0 Å². The van der Waals surface area contributed by atoms with Crippen LogP contribution in [-0.2, 0) is 16.7 Å². The number of fused-ring (bicyclic) bond motifs is 1. The lowest BCUT2D eigenvalue weighted by molar-refractivity contribution is -0.671. The Bertz CT molecular complexity index is 665. The topological polar surface area (TPSA) is 58.2 Å². The quantitative estimate of drug-likeness (QED) is 0.677. The van der Waals surface area contributed by atoms with E-state index in [9.17, 15) is 8.42 Å². The maximum absolute atomic E-state index is 10.7. The summed E-state index contributed by atoms with van der Waals surface area (Å²) in [6, 6.07) is 10.1. The van der Waals surface area contributed by atoms with Gasteiger partial charge in [-0.2, -0.15) is 13.0 Å². The molecular formula is C13H16NO3S+. The van der Waals surface area contributed by atoms with Gasteiger partial charge in [-0.25, -0.2) is 0 Å². The molecule has 0 bridgehead atoms. The van der Waals surface area contributed by atoms with Crippen molar-refractivity contribution in [1.82, 2.24) is 0 Å². The monoisotopic (exact) mass is 266 g/mol. The maximum Gasteiger partial charge on any atom is 0.265 e. The fraction of sp³-hybridized carbons (Fsp3) is 0.308. The third kappa shape index (κ3) is 3.27. The first-order valence-electron chi connectivity index (χ1n) is 5.80. The average Bonchev–Trinajstić information content (AvgIpc) is 2.27. The van der Waals surface area contributed by atoms with E-state index in [4.69, 9.17) is 4.55 Å². The van der Waals surface area contributed by atoms with E-state index in [1.807, 2.05) is 42.0 Å². The molecule has 0 fully saturated rings. The number of benzene rings is 1. The predicted molar refractivity (Wildman–Crippen MR) is 69.9 cm³/mol. The molecule has 4 nitrogen and oxygen atoms in total. The van der Waals surface area contributed by atoms with Crippen LogP contribution in [0, 0.1) is 6.92 Å². The molecule has 0 atom stereocenters. The first-order valence-corrected chi connectivity index (χ1v) is 7.41. The third-order valence-electron chi connectivity index (χ3n) is 2.84. The second kappa shape index (κ2) is 5.04. The fourth-order valence-corrected chi connectivity index (χ4v) is 2.51. The van der Waals surface area contributed by atoms with Crippen molar-refractivity contribution >= 4 is 21.0 Å². The molecule has 0 aliphatic heterocycles. The van der Waals surface area contributed by atoms with E-state index >= 15 is 0 Å². The zero-order valence-electron chi connectivity index (χ0n) is 10.2. The minimum absolute atomic E-state index is 0.206. The molecule has 0 spiro atoms. The molecule has 5 heteroatoms. The Kier molecular flexibility index (Phi) is 3.63. The molecule has 0 saturated carbocycles. The van der Waals surface area contributed by atoms with Crippen molar-refractivity contribution in [3.05, 3.63) is 42.1 Å². The molecule has 1 aromatic carbocycles. The Labute approximate surface area is 107 Å². The predicted octanol–water partition coefficient (Wildman–Crippen LogP) is 1.71. The van der Waals surface area contributed by atoms with Gasteiger partial charge in [0, 0.05) is 23.9 Å². The second-order valence-electron chi connectivity index (χ2n) is 4.40. The molecule has 2 rings (SSSR count). The molecule has 0 saturated heterocycles. The van der Waals surface area contributed by atoms with E-state index in [1.54, 1.807) is 0 Å². The van der Waals surface area contributed by atoms with Crippen molar-refractivity contribution in [2.24, 2.45) is 0 Å². The van der Waals surface area contributed by atoms with Crippen molar-refractivity contribution in [3.63, 3.8) is 0 Å². The van der Waals surface area contributed by atoms with Crippen LogP contribution in [0.2, 0.25) is 0 Å². The van der Waals surface area contributed by atoms with Crippen LogP contribution in [0.5, 0.6) is 0 Å².